The van der Waals surface area contributed by atoms with E-state index < -0.39 is 11.4 Å². The molecular weight excluding hydrogens is 494 g/mol. The maximum atomic E-state index is 12.2. The first-order valence-electron chi connectivity index (χ1n) is 14.1. The average molecular weight is 542 g/mol. The van der Waals surface area contributed by atoms with Crippen LogP contribution in [0.5, 0.6) is 23.0 Å². The number of carbonyl (C=O) groups is 1. The number of aryl methyl sites for hydroxylation is 2. The van der Waals surface area contributed by atoms with Crippen molar-refractivity contribution in [2.45, 2.75) is 64.2 Å². The number of rotatable bonds is 15. The number of benzene rings is 2. The number of methoxy groups -OCH3 is 4. The minimum absolute atomic E-state index is 0.118. The topological polar surface area (TPSA) is 77.5 Å². The molecule has 2 aromatic rings. The van der Waals surface area contributed by atoms with Crippen LogP contribution in [0, 0.1) is 11.8 Å². The zero-order chi connectivity index (χ0) is 28.6. The summed E-state index contributed by atoms with van der Waals surface area (Å²) in [5.41, 5.74) is 3.10. The van der Waals surface area contributed by atoms with E-state index >= 15 is 0 Å². The van der Waals surface area contributed by atoms with Crippen LogP contribution in [0.3, 0.4) is 0 Å². The van der Waals surface area contributed by atoms with Gasteiger partial charge in [-0.2, -0.15) is 0 Å². The van der Waals surface area contributed by atoms with E-state index in [-0.39, 0.29) is 18.3 Å². The number of nitrogens with zero attached hydrogens (tertiary/aromatic N) is 1. The molecule has 0 aromatic heterocycles. The van der Waals surface area contributed by atoms with E-state index in [0.29, 0.717) is 11.5 Å². The van der Waals surface area contributed by atoms with Gasteiger partial charge in [-0.1, -0.05) is 19.9 Å². The number of hydrogen-bond donors (Lipinski definition) is 1. The van der Waals surface area contributed by atoms with Crippen LogP contribution in [0.2, 0.25) is 0 Å². The summed E-state index contributed by atoms with van der Waals surface area (Å²) in [6.07, 6.45) is 6.16. The third-order valence-electron chi connectivity index (χ3n) is 8.64. The molecule has 1 aliphatic rings. The molecule has 1 N–H and O–H groups in total. The highest BCUT2D eigenvalue weighted by molar-refractivity contribution is 5.70. The molecular formula is C32H47NO6. The SMILES string of the molecule is COc1ccc(CCCCN(C)CCC2CCc3cc(OC)c(OC)cc3C2(CC(=O)O)C(C)C)cc1OC. The molecule has 1 aliphatic carbocycles. The summed E-state index contributed by atoms with van der Waals surface area (Å²) in [5, 5.41) is 10.0. The number of carboxylic acids is 1. The molecule has 0 radical (unpaired) electrons. The largest absolute Gasteiger partial charge is 0.493 e. The van der Waals surface area contributed by atoms with Crippen LogP contribution in [-0.2, 0) is 23.1 Å². The van der Waals surface area contributed by atoms with Crippen molar-refractivity contribution < 1.29 is 28.8 Å². The second-order valence-corrected chi connectivity index (χ2v) is 11.1. The van der Waals surface area contributed by atoms with Crippen molar-refractivity contribution >= 4 is 5.97 Å². The fraction of sp³-hybridized carbons (Fsp3) is 0.594. The highest BCUT2D eigenvalue weighted by Gasteiger charge is 2.48. The summed E-state index contributed by atoms with van der Waals surface area (Å²) < 4.78 is 22.0. The van der Waals surface area contributed by atoms with Gasteiger partial charge in [0, 0.05) is 5.41 Å². The van der Waals surface area contributed by atoms with Gasteiger partial charge in [-0.05, 0) is 111 Å². The average Bonchev–Trinajstić information content (AvgIpc) is 2.93. The molecule has 0 amide bonds. The molecule has 2 unspecified atom stereocenters. The summed E-state index contributed by atoms with van der Waals surface area (Å²) in [7, 11) is 8.78. The molecule has 2 atom stereocenters. The Hall–Kier alpha value is -2.93. The molecule has 3 rings (SSSR count). The van der Waals surface area contributed by atoms with Crippen molar-refractivity contribution in [1.82, 2.24) is 4.90 Å². The molecule has 7 heteroatoms. The van der Waals surface area contributed by atoms with E-state index in [1.165, 1.54) is 11.1 Å². The summed E-state index contributed by atoms with van der Waals surface area (Å²) >= 11 is 0. The third-order valence-corrected chi connectivity index (χ3v) is 8.64. The predicted octanol–water partition coefficient (Wildman–Crippen LogP) is 6.00. The van der Waals surface area contributed by atoms with Crippen molar-refractivity contribution in [3.63, 3.8) is 0 Å². The lowest BCUT2D eigenvalue weighted by atomic mass is 9.55. The molecule has 0 spiro atoms. The van der Waals surface area contributed by atoms with Crippen molar-refractivity contribution in [3.8, 4) is 23.0 Å². The number of hydrogen-bond acceptors (Lipinski definition) is 6. The quantitative estimate of drug-likeness (QED) is 0.277. The van der Waals surface area contributed by atoms with Crippen LogP contribution in [0.15, 0.2) is 30.3 Å². The van der Waals surface area contributed by atoms with E-state index in [2.05, 4.69) is 37.9 Å². The summed E-state index contributed by atoms with van der Waals surface area (Å²) in [5.74, 6) is 2.58. The fourth-order valence-electron chi connectivity index (χ4n) is 6.48. The van der Waals surface area contributed by atoms with Gasteiger partial charge in [0.15, 0.2) is 23.0 Å². The lowest BCUT2D eigenvalue weighted by molar-refractivity contribution is -0.140. The van der Waals surface area contributed by atoms with Crippen LogP contribution in [0.4, 0.5) is 0 Å². The highest BCUT2D eigenvalue weighted by Crippen LogP contribution is 2.52. The smallest absolute Gasteiger partial charge is 0.304 e. The summed E-state index contributed by atoms with van der Waals surface area (Å²) in [4.78, 5) is 14.6. The first-order valence-corrected chi connectivity index (χ1v) is 14.1. The number of ether oxygens (including phenoxy) is 4. The molecule has 7 nitrogen and oxygen atoms in total. The lowest BCUT2D eigenvalue weighted by Gasteiger charge is -2.48. The van der Waals surface area contributed by atoms with Gasteiger partial charge >= 0.3 is 5.97 Å². The number of carboxylic acid groups (broad SMARTS) is 1. The maximum absolute atomic E-state index is 12.2. The van der Waals surface area contributed by atoms with E-state index in [1.807, 2.05) is 18.2 Å². The molecule has 2 aromatic carbocycles. The lowest BCUT2D eigenvalue weighted by Crippen LogP contribution is -2.46. The Balaban J connectivity index is 1.66. The van der Waals surface area contributed by atoms with E-state index in [9.17, 15) is 9.90 Å². The molecule has 0 saturated carbocycles. The molecule has 0 heterocycles. The van der Waals surface area contributed by atoms with E-state index in [0.717, 1.165) is 68.7 Å². The number of unbranched alkanes of at least 4 members (excludes halogenated alkanes) is 1. The third kappa shape index (κ3) is 6.99. The zero-order valence-electron chi connectivity index (χ0n) is 24.8. The van der Waals surface area contributed by atoms with Gasteiger partial charge in [0.1, 0.15) is 0 Å². The molecule has 39 heavy (non-hydrogen) atoms. The van der Waals surface area contributed by atoms with Gasteiger partial charge in [0.2, 0.25) is 0 Å². The van der Waals surface area contributed by atoms with Crippen molar-refractivity contribution in [2.24, 2.45) is 11.8 Å². The van der Waals surface area contributed by atoms with Crippen LogP contribution >= 0.6 is 0 Å². The Morgan fingerprint density at radius 1 is 0.949 bits per heavy atom. The predicted molar refractivity (Wildman–Crippen MR) is 155 cm³/mol. The number of aliphatic carboxylic acids is 1. The molecule has 0 saturated heterocycles. The highest BCUT2D eigenvalue weighted by atomic mass is 16.5. The number of fused-ring (bicyclic) bond motifs is 1. The minimum Gasteiger partial charge on any atom is -0.493 e. The normalized spacial score (nSPS) is 18.6. The van der Waals surface area contributed by atoms with E-state index in [4.69, 9.17) is 18.9 Å². The molecule has 0 bridgehead atoms. The zero-order valence-corrected chi connectivity index (χ0v) is 24.8. The minimum atomic E-state index is -0.750. The first kappa shape index (κ1) is 30.6. The first-order chi connectivity index (χ1) is 18.7. The fourth-order valence-corrected chi connectivity index (χ4v) is 6.48. The Bertz CT molecular complexity index is 1100. The van der Waals surface area contributed by atoms with Crippen LogP contribution in [-0.4, -0.2) is 64.6 Å². The standard InChI is InChI=1S/C32H47NO6/c1-22(2)32(21-31(34)35)25(13-12-24-19-29(38-6)30(39-7)20-26(24)32)15-17-33(3)16-9-8-10-23-11-14-27(36-4)28(18-23)37-5/h11,14,18-20,22,25H,8-10,12-13,15-17,21H2,1-7H3,(H,34,35). The molecule has 0 aliphatic heterocycles. The van der Waals surface area contributed by atoms with Crippen LogP contribution in [0.25, 0.3) is 0 Å². The van der Waals surface area contributed by atoms with Gasteiger partial charge < -0.3 is 29.0 Å². The van der Waals surface area contributed by atoms with Crippen molar-refractivity contribution in [3.05, 3.63) is 47.0 Å². The Morgan fingerprint density at radius 3 is 2.21 bits per heavy atom. The van der Waals surface area contributed by atoms with Crippen molar-refractivity contribution in [2.75, 3.05) is 48.6 Å². The van der Waals surface area contributed by atoms with Crippen molar-refractivity contribution in [1.29, 1.82) is 0 Å². The second kappa shape index (κ2) is 13.9. The monoisotopic (exact) mass is 541 g/mol. The van der Waals surface area contributed by atoms with Gasteiger partial charge in [-0.15, -0.1) is 0 Å². The van der Waals surface area contributed by atoms with E-state index in [1.54, 1.807) is 28.4 Å². The summed E-state index contributed by atoms with van der Waals surface area (Å²) in [6, 6.07) is 10.2. The Labute approximate surface area is 234 Å². The van der Waals surface area contributed by atoms with Gasteiger partial charge in [-0.25, -0.2) is 0 Å². The summed E-state index contributed by atoms with van der Waals surface area (Å²) in [6.45, 7) is 6.28. The van der Waals surface area contributed by atoms with Gasteiger partial charge in [0.05, 0.1) is 34.9 Å². The molecule has 0 fully saturated rings. The Morgan fingerprint density at radius 2 is 1.59 bits per heavy atom. The van der Waals surface area contributed by atoms with Gasteiger partial charge in [-0.3, -0.25) is 4.79 Å². The second-order valence-electron chi connectivity index (χ2n) is 11.1. The van der Waals surface area contributed by atoms with Crippen LogP contribution in [0.1, 0.15) is 62.6 Å². The van der Waals surface area contributed by atoms with Crippen LogP contribution < -0.4 is 18.9 Å². The van der Waals surface area contributed by atoms with Gasteiger partial charge in [0.25, 0.3) is 0 Å². The maximum Gasteiger partial charge on any atom is 0.304 e. The Kier molecular flexibility index (Phi) is 10.9. The molecule has 216 valence electrons.